The summed E-state index contributed by atoms with van der Waals surface area (Å²) >= 11 is 5.94. The predicted octanol–water partition coefficient (Wildman–Crippen LogP) is 2.53. The summed E-state index contributed by atoms with van der Waals surface area (Å²) in [6.07, 6.45) is 1.43. The molecule has 0 saturated carbocycles. The normalized spacial score (nSPS) is 10.6. The Kier molecular flexibility index (Phi) is 2.92. The van der Waals surface area contributed by atoms with Crippen LogP contribution in [-0.4, -0.2) is 26.7 Å². The van der Waals surface area contributed by atoms with E-state index in [-0.39, 0.29) is 0 Å². The van der Waals surface area contributed by atoms with Crippen LogP contribution in [0, 0.1) is 0 Å². The van der Waals surface area contributed by atoms with Crippen molar-refractivity contribution in [2.45, 2.75) is 0 Å². The first-order valence-corrected chi connectivity index (χ1v) is 5.91. The quantitative estimate of drug-likeness (QED) is 0.744. The summed E-state index contributed by atoms with van der Waals surface area (Å²) in [5.74, 6) is 1.94. The first-order valence-electron chi connectivity index (χ1n) is 5.53. The van der Waals surface area contributed by atoms with Crippen LogP contribution >= 0.6 is 11.6 Å². The van der Waals surface area contributed by atoms with Crippen molar-refractivity contribution in [2.24, 2.45) is 0 Å². The summed E-state index contributed by atoms with van der Waals surface area (Å²) in [7, 11) is 1.63. The largest absolute Gasteiger partial charge is 0.497 e. The van der Waals surface area contributed by atoms with Crippen molar-refractivity contribution in [2.75, 3.05) is 12.4 Å². The zero-order valence-corrected chi connectivity index (χ0v) is 10.8. The zero-order valence-electron chi connectivity index (χ0n) is 10.0. The monoisotopic (exact) mass is 275 g/mol. The van der Waals surface area contributed by atoms with Crippen molar-refractivity contribution in [1.29, 1.82) is 0 Å². The van der Waals surface area contributed by atoms with Gasteiger partial charge in [0, 0.05) is 11.8 Å². The van der Waals surface area contributed by atoms with Gasteiger partial charge in [0.05, 0.1) is 7.11 Å². The van der Waals surface area contributed by atoms with Crippen LogP contribution in [0.2, 0.25) is 5.15 Å². The lowest BCUT2D eigenvalue weighted by molar-refractivity contribution is 0.415. The van der Waals surface area contributed by atoms with Gasteiger partial charge in [0.25, 0.3) is 5.78 Å². The Morgan fingerprint density at radius 1 is 1.26 bits per heavy atom. The molecule has 3 aromatic rings. The molecule has 0 bridgehead atoms. The molecule has 2 heterocycles. The maximum absolute atomic E-state index is 5.94. The van der Waals surface area contributed by atoms with Gasteiger partial charge in [0.2, 0.25) is 0 Å². The van der Waals surface area contributed by atoms with Crippen molar-refractivity contribution in [3.63, 3.8) is 0 Å². The molecule has 7 heteroatoms. The van der Waals surface area contributed by atoms with Crippen LogP contribution in [0.1, 0.15) is 0 Å². The molecule has 96 valence electrons. The zero-order chi connectivity index (χ0) is 13.2. The number of benzene rings is 1. The fraction of sp³-hybridized carbons (Fsp3) is 0.0833. The predicted molar refractivity (Wildman–Crippen MR) is 72.1 cm³/mol. The van der Waals surface area contributed by atoms with Gasteiger partial charge < -0.3 is 10.1 Å². The van der Waals surface area contributed by atoms with E-state index in [1.807, 2.05) is 24.3 Å². The summed E-state index contributed by atoms with van der Waals surface area (Å²) in [4.78, 5) is 8.07. The van der Waals surface area contributed by atoms with Gasteiger partial charge in [-0.05, 0) is 24.3 Å². The number of hydrogen-bond donors (Lipinski definition) is 1. The van der Waals surface area contributed by atoms with Crippen LogP contribution in [0.25, 0.3) is 5.78 Å². The molecular weight excluding hydrogens is 266 g/mol. The van der Waals surface area contributed by atoms with Crippen LogP contribution in [-0.2, 0) is 0 Å². The molecule has 1 N–H and O–H groups in total. The summed E-state index contributed by atoms with van der Waals surface area (Å²) in [6.45, 7) is 0. The number of anilines is 2. The molecule has 0 saturated heterocycles. The fourth-order valence-electron chi connectivity index (χ4n) is 1.69. The van der Waals surface area contributed by atoms with Gasteiger partial charge in [-0.25, -0.2) is 0 Å². The van der Waals surface area contributed by atoms with Gasteiger partial charge in [0.15, 0.2) is 0 Å². The van der Waals surface area contributed by atoms with E-state index < -0.39 is 0 Å². The van der Waals surface area contributed by atoms with Crippen LogP contribution in [0.5, 0.6) is 5.75 Å². The molecule has 1 aromatic carbocycles. The van der Waals surface area contributed by atoms with Gasteiger partial charge in [-0.15, -0.1) is 0 Å². The summed E-state index contributed by atoms with van der Waals surface area (Å²) in [5, 5.41) is 7.65. The molecule has 3 rings (SSSR count). The van der Waals surface area contributed by atoms with Crippen LogP contribution in [0.4, 0.5) is 11.5 Å². The number of nitrogens with one attached hydrogen (secondary N) is 1. The van der Waals surface area contributed by atoms with Crippen molar-refractivity contribution < 1.29 is 4.74 Å². The molecule has 0 atom stereocenters. The Balaban J connectivity index is 1.97. The minimum Gasteiger partial charge on any atom is -0.497 e. The Labute approximate surface area is 114 Å². The number of fused-ring (bicyclic) bond motifs is 1. The van der Waals surface area contributed by atoms with E-state index in [0.29, 0.717) is 16.7 Å². The number of nitrogens with zero attached hydrogens (tertiary/aromatic N) is 4. The summed E-state index contributed by atoms with van der Waals surface area (Å²) in [6, 6.07) is 9.21. The maximum atomic E-state index is 5.94. The van der Waals surface area contributed by atoms with Crippen LogP contribution in [0.15, 0.2) is 36.7 Å². The van der Waals surface area contributed by atoms with E-state index in [2.05, 4.69) is 20.4 Å². The third-order valence-electron chi connectivity index (χ3n) is 2.58. The number of rotatable bonds is 3. The molecule has 0 fully saturated rings. The van der Waals surface area contributed by atoms with E-state index in [1.165, 1.54) is 6.33 Å². The summed E-state index contributed by atoms with van der Waals surface area (Å²) in [5.41, 5.74) is 0.889. The molecule has 0 aliphatic carbocycles. The van der Waals surface area contributed by atoms with Gasteiger partial charge in [-0.1, -0.05) is 11.6 Å². The lowest BCUT2D eigenvalue weighted by Gasteiger charge is -2.08. The van der Waals surface area contributed by atoms with Gasteiger partial charge in [-0.2, -0.15) is 19.6 Å². The molecule has 19 heavy (non-hydrogen) atoms. The Morgan fingerprint density at radius 2 is 2.05 bits per heavy atom. The van der Waals surface area contributed by atoms with Crippen LogP contribution in [0.3, 0.4) is 0 Å². The fourth-order valence-corrected chi connectivity index (χ4v) is 1.87. The molecule has 0 aliphatic rings. The lowest BCUT2D eigenvalue weighted by atomic mass is 10.3. The van der Waals surface area contributed by atoms with E-state index in [9.17, 15) is 0 Å². The Bertz CT molecular complexity index is 710. The molecule has 0 unspecified atom stereocenters. The average molecular weight is 276 g/mol. The van der Waals surface area contributed by atoms with E-state index in [0.717, 1.165) is 11.4 Å². The molecule has 0 amide bonds. The van der Waals surface area contributed by atoms with Crippen LogP contribution < -0.4 is 10.1 Å². The van der Waals surface area contributed by atoms with E-state index in [1.54, 1.807) is 17.7 Å². The van der Waals surface area contributed by atoms with Crippen molar-refractivity contribution >= 4 is 28.9 Å². The second kappa shape index (κ2) is 4.74. The molecule has 6 nitrogen and oxygen atoms in total. The third kappa shape index (κ3) is 2.30. The molecular formula is C12H10ClN5O. The van der Waals surface area contributed by atoms with Gasteiger partial charge in [-0.3, -0.25) is 0 Å². The van der Waals surface area contributed by atoms with Crippen molar-refractivity contribution in [3.05, 3.63) is 41.8 Å². The summed E-state index contributed by atoms with van der Waals surface area (Å²) < 4.78 is 6.69. The highest BCUT2D eigenvalue weighted by molar-refractivity contribution is 6.29. The first-order chi connectivity index (χ1) is 9.26. The highest BCUT2D eigenvalue weighted by Gasteiger charge is 2.06. The minimum atomic E-state index is 0.358. The molecule has 0 radical (unpaired) electrons. The highest BCUT2D eigenvalue weighted by Crippen LogP contribution is 2.21. The second-order valence-corrected chi connectivity index (χ2v) is 4.18. The standard InChI is InChI=1S/C12H10ClN5O/c1-19-9-4-2-8(3-5-9)16-11-6-10(13)17-12-14-7-15-18(11)12/h2-7,16H,1H3. The second-order valence-electron chi connectivity index (χ2n) is 3.79. The number of aromatic nitrogens is 4. The first kappa shape index (κ1) is 11.7. The number of methoxy groups -OCH3 is 1. The van der Waals surface area contributed by atoms with Crippen molar-refractivity contribution in [1.82, 2.24) is 19.6 Å². The van der Waals surface area contributed by atoms with E-state index >= 15 is 0 Å². The minimum absolute atomic E-state index is 0.358. The SMILES string of the molecule is COc1ccc(Nc2cc(Cl)nc3ncnn23)cc1. The maximum Gasteiger partial charge on any atom is 0.255 e. The molecule has 0 spiro atoms. The van der Waals surface area contributed by atoms with Gasteiger partial charge in [0.1, 0.15) is 23.0 Å². The highest BCUT2D eigenvalue weighted by atomic mass is 35.5. The number of ether oxygens (including phenoxy) is 1. The number of hydrogen-bond acceptors (Lipinski definition) is 5. The Hall–Kier alpha value is -2.34. The van der Waals surface area contributed by atoms with E-state index in [4.69, 9.17) is 16.3 Å². The average Bonchev–Trinajstić information content (AvgIpc) is 2.88. The smallest absolute Gasteiger partial charge is 0.255 e. The molecule has 2 aromatic heterocycles. The third-order valence-corrected chi connectivity index (χ3v) is 2.78. The lowest BCUT2D eigenvalue weighted by Crippen LogP contribution is -2.01. The van der Waals surface area contributed by atoms with Gasteiger partial charge >= 0.3 is 0 Å². The topological polar surface area (TPSA) is 64.3 Å². The number of halogens is 1. The molecule has 0 aliphatic heterocycles. The van der Waals surface area contributed by atoms with Crippen molar-refractivity contribution in [3.8, 4) is 5.75 Å². The Morgan fingerprint density at radius 3 is 2.79 bits per heavy atom.